The summed E-state index contributed by atoms with van der Waals surface area (Å²) in [7, 11) is 0. The number of hydrogen-bond acceptors (Lipinski definition) is 3. The maximum Gasteiger partial charge on any atom is 0.220 e. The Kier molecular flexibility index (Phi) is 8.01. The summed E-state index contributed by atoms with van der Waals surface area (Å²) in [6.45, 7) is 5.00. The SMILES string of the molecule is NCCCC(=O)NCCCN1CCCCCC1. The lowest BCUT2D eigenvalue weighted by atomic mass is 10.2. The molecular formula is C13H27N3O. The van der Waals surface area contributed by atoms with Gasteiger partial charge < -0.3 is 16.0 Å². The minimum atomic E-state index is 0.145. The maximum atomic E-state index is 11.3. The van der Waals surface area contributed by atoms with E-state index in [0.717, 1.165) is 25.9 Å². The quantitative estimate of drug-likeness (QED) is 0.656. The Morgan fingerprint density at radius 2 is 1.82 bits per heavy atom. The number of nitrogens with zero attached hydrogens (tertiary/aromatic N) is 1. The molecule has 1 amide bonds. The summed E-state index contributed by atoms with van der Waals surface area (Å²) in [6.07, 6.45) is 7.86. The lowest BCUT2D eigenvalue weighted by Crippen LogP contribution is -2.30. The van der Waals surface area contributed by atoms with E-state index in [-0.39, 0.29) is 5.91 Å². The molecule has 100 valence electrons. The second kappa shape index (κ2) is 9.42. The smallest absolute Gasteiger partial charge is 0.220 e. The fourth-order valence-corrected chi connectivity index (χ4v) is 2.24. The lowest BCUT2D eigenvalue weighted by Gasteiger charge is -2.19. The van der Waals surface area contributed by atoms with E-state index in [1.807, 2.05) is 0 Å². The van der Waals surface area contributed by atoms with Crippen molar-refractivity contribution in [2.75, 3.05) is 32.7 Å². The molecule has 0 aliphatic carbocycles. The first kappa shape index (κ1) is 14.5. The zero-order chi connectivity index (χ0) is 12.3. The van der Waals surface area contributed by atoms with Crippen molar-refractivity contribution in [3.63, 3.8) is 0 Å². The van der Waals surface area contributed by atoms with Crippen LogP contribution in [0.25, 0.3) is 0 Å². The Bertz CT molecular complexity index is 201. The molecule has 0 bridgehead atoms. The molecule has 1 aliphatic heterocycles. The molecule has 0 atom stereocenters. The third-order valence-corrected chi connectivity index (χ3v) is 3.28. The van der Waals surface area contributed by atoms with E-state index in [0.29, 0.717) is 13.0 Å². The highest BCUT2D eigenvalue weighted by molar-refractivity contribution is 5.75. The van der Waals surface area contributed by atoms with Crippen molar-refractivity contribution < 1.29 is 4.79 Å². The van der Waals surface area contributed by atoms with E-state index in [4.69, 9.17) is 5.73 Å². The van der Waals surface area contributed by atoms with E-state index >= 15 is 0 Å². The predicted molar refractivity (Wildman–Crippen MR) is 70.8 cm³/mol. The standard InChI is InChI=1S/C13H27N3O/c14-8-5-7-13(17)15-9-6-12-16-10-3-1-2-4-11-16/h1-12,14H2,(H,15,17). The predicted octanol–water partition coefficient (Wildman–Crippen LogP) is 1.11. The van der Waals surface area contributed by atoms with E-state index < -0.39 is 0 Å². The average Bonchev–Trinajstić information content (AvgIpc) is 2.60. The van der Waals surface area contributed by atoms with Crippen LogP contribution in [0, 0.1) is 0 Å². The molecule has 1 fully saturated rings. The van der Waals surface area contributed by atoms with Crippen LogP contribution in [0.4, 0.5) is 0 Å². The van der Waals surface area contributed by atoms with Gasteiger partial charge in [-0.15, -0.1) is 0 Å². The Morgan fingerprint density at radius 1 is 1.12 bits per heavy atom. The molecule has 17 heavy (non-hydrogen) atoms. The van der Waals surface area contributed by atoms with Crippen molar-refractivity contribution >= 4 is 5.91 Å². The highest BCUT2D eigenvalue weighted by Crippen LogP contribution is 2.09. The summed E-state index contributed by atoms with van der Waals surface area (Å²) in [5.74, 6) is 0.145. The lowest BCUT2D eigenvalue weighted by molar-refractivity contribution is -0.121. The number of carbonyl (C=O) groups is 1. The van der Waals surface area contributed by atoms with Gasteiger partial charge in [0, 0.05) is 13.0 Å². The average molecular weight is 241 g/mol. The maximum absolute atomic E-state index is 11.3. The third-order valence-electron chi connectivity index (χ3n) is 3.28. The highest BCUT2D eigenvalue weighted by Gasteiger charge is 2.08. The van der Waals surface area contributed by atoms with Crippen LogP contribution in [-0.2, 0) is 4.79 Å². The van der Waals surface area contributed by atoms with Crippen LogP contribution in [0.3, 0.4) is 0 Å². The topological polar surface area (TPSA) is 58.4 Å². The van der Waals surface area contributed by atoms with Gasteiger partial charge in [0.25, 0.3) is 0 Å². The minimum absolute atomic E-state index is 0.145. The third kappa shape index (κ3) is 7.34. The molecule has 4 nitrogen and oxygen atoms in total. The number of amides is 1. The molecule has 1 aliphatic rings. The summed E-state index contributed by atoms with van der Waals surface area (Å²) >= 11 is 0. The van der Waals surface area contributed by atoms with Gasteiger partial charge in [0.15, 0.2) is 0 Å². The summed E-state index contributed by atoms with van der Waals surface area (Å²) < 4.78 is 0. The van der Waals surface area contributed by atoms with E-state index in [9.17, 15) is 4.79 Å². The van der Waals surface area contributed by atoms with Crippen LogP contribution in [0.1, 0.15) is 44.9 Å². The molecule has 1 heterocycles. The van der Waals surface area contributed by atoms with Crippen LogP contribution in [-0.4, -0.2) is 43.5 Å². The Morgan fingerprint density at radius 3 is 2.47 bits per heavy atom. The number of nitrogens with two attached hydrogens (primary N) is 1. The van der Waals surface area contributed by atoms with Gasteiger partial charge in [-0.25, -0.2) is 0 Å². The monoisotopic (exact) mass is 241 g/mol. The first-order valence-corrected chi connectivity index (χ1v) is 7.02. The largest absolute Gasteiger partial charge is 0.356 e. The van der Waals surface area contributed by atoms with Crippen molar-refractivity contribution in [3.05, 3.63) is 0 Å². The number of rotatable bonds is 7. The fourth-order valence-electron chi connectivity index (χ4n) is 2.24. The molecular weight excluding hydrogens is 214 g/mol. The van der Waals surface area contributed by atoms with Crippen LogP contribution in [0.5, 0.6) is 0 Å². The molecule has 4 heteroatoms. The summed E-state index contributed by atoms with van der Waals surface area (Å²) in [5, 5.41) is 2.95. The van der Waals surface area contributed by atoms with Crippen molar-refractivity contribution in [3.8, 4) is 0 Å². The molecule has 3 N–H and O–H groups in total. The number of likely N-dealkylation sites (tertiary alicyclic amines) is 1. The Labute approximate surface area is 105 Å². The first-order chi connectivity index (χ1) is 8.33. The minimum Gasteiger partial charge on any atom is -0.356 e. The Balaban J connectivity index is 1.97. The fraction of sp³-hybridized carbons (Fsp3) is 0.923. The zero-order valence-corrected chi connectivity index (χ0v) is 10.9. The molecule has 0 spiro atoms. The van der Waals surface area contributed by atoms with Gasteiger partial charge in [-0.1, -0.05) is 12.8 Å². The highest BCUT2D eigenvalue weighted by atomic mass is 16.1. The second-order valence-electron chi connectivity index (χ2n) is 4.85. The van der Waals surface area contributed by atoms with E-state index in [2.05, 4.69) is 10.2 Å². The molecule has 0 aromatic carbocycles. The molecule has 0 aromatic heterocycles. The van der Waals surface area contributed by atoms with Crippen molar-refractivity contribution in [2.24, 2.45) is 5.73 Å². The van der Waals surface area contributed by atoms with Crippen molar-refractivity contribution in [1.82, 2.24) is 10.2 Å². The summed E-state index contributed by atoms with van der Waals surface area (Å²) in [6, 6.07) is 0. The molecule has 0 unspecified atom stereocenters. The van der Waals surface area contributed by atoms with Gasteiger partial charge in [0.2, 0.25) is 5.91 Å². The number of nitrogens with one attached hydrogen (secondary N) is 1. The first-order valence-electron chi connectivity index (χ1n) is 7.02. The van der Waals surface area contributed by atoms with E-state index in [1.54, 1.807) is 0 Å². The zero-order valence-electron chi connectivity index (χ0n) is 10.9. The van der Waals surface area contributed by atoms with Gasteiger partial charge in [0.1, 0.15) is 0 Å². The van der Waals surface area contributed by atoms with Crippen LogP contribution < -0.4 is 11.1 Å². The van der Waals surface area contributed by atoms with Gasteiger partial charge in [-0.2, -0.15) is 0 Å². The number of hydrogen-bond donors (Lipinski definition) is 2. The summed E-state index contributed by atoms with van der Waals surface area (Å²) in [4.78, 5) is 13.9. The molecule has 1 saturated heterocycles. The second-order valence-corrected chi connectivity index (χ2v) is 4.85. The van der Waals surface area contributed by atoms with Gasteiger partial charge >= 0.3 is 0 Å². The Hall–Kier alpha value is -0.610. The van der Waals surface area contributed by atoms with Crippen LogP contribution >= 0.6 is 0 Å². The molecule has 0 radical (unpaired) electrons. The number of carbonyl (C=O) groups excluding carboxylic acids is 1. The van der Waals surface area contributed by atoms with Gasteiger partial charge in [0.05, 0.1) is 0 Å². The molecule has 1 rings (SSSR count). The summed E-state index contributed by atoms with van der Waals surface area (Å²) in [5.41, 5.74) is 5.36. The van der Waals surface area contributed by atoms with Crippen molar-refractivity contribution in [1.29, 1.82) is 0 Å². The normalized spacial score (nSPS) is 17.7. The van der Waals surface area contributed by atoms with Crippen LogP contribution in [0.15, 0.2) is 0 Å². The van der Waals surface area contributed by atoms with Crippen molar-refractivity contribution in [2.45, 2.75) is 44.9 Å². The van der Waals surface area contributed by atoms with Gasteiger partial charge in [-0.05, 0) is 51.9 Å². The van der Waals surface area contributed by atoms with E-state index in [1.165, 1.54) is 38.8 Å². The molecule has 0 aromatic rings. The molecule has 0 saturated carbocycles. The van der Waals surface area contributed by atoms with Crippen LogP contribution in [0.2, 0.25) is 0 Å². The van der Waals surface area contributed by atoms with Gasteiger partial charge in [-0.3, -0.25) is 4.79 Å².